The van der Waals surface area contributed by atoms with Gasteiger partial charge in [-0.25, -0.2) is 13.2 Å². The van der Waals surface area contributed by atoms with E-state index in [1.807, 2.05) is 73.7 Å². The third kappa shape index (κ3) is 8.03. The number of sulfonamides is 1. The number of aliphatic hydroxyl groups is 1. The molecule has 246 valence electrons. The maximum absolute atomic E-state index is 13.0. The standard InChI is InChI=1S/C38H36N2O7S/c1-26-20-30(38(42)47-24-27-6-3-2-4-7-27)12-16-34(26)29-10-13-31(14-11-29)45-19-18-39-23-37(41)35-17-15-32-22-36(35)40-48(43,44)33-9-5-8-28(21-33)25-46-32/h2-17,20-22,37,39-41H,18-19,23-25H2,1H3. The summed E-state index contributed by atoms with van der Waals surface area (Å²) in [6.45, 7) is 3.41. The molecule has 6 rings (SSSR count). The van der Waals surface area contributed by atoms with Gasteiger partial charge in [0.2, 0.25) is 0 Å². The lowest BCUT2D eigenvalue weighted by Gasteiger charge is -2.20. The molecule has 0 radical (unpaired) electrons. The largest absolute Gasteiger partial charge is 0.492 e. The van der Waals surface area contributed by atoms with E-state index in [2.05, 4.69) is 10.0 Å². The number of rotatable bonds is 11. The Kier molecular flexibility index (Phi) is 10.1. The van der Waals surface area contributed by atoms with Crippen molar-refractivity contribution in [2.75, 3.05) is 24.4 Å². The lowest BCUT2D eigenvalue weighted by molar-refractivity contribution is 0.0472. The minimum atomic E-state index is -3.85. The molecule has 1 heterocycles. The Morgan fingerprint density at radius 3 is 2.54 bits per heavy atom. The molecule has 0 saturated heterocycles. The first kappa shape index (κ1) is 32.8. The monoisotopic (exact) mass is 664 g/mol. The predicted octanol–water partition coefficient (Wildman–Crippen LogP) is 6.41. The first-order valence-corrected chi connectivity index (χ1v) is 17.1. The Balaban J connectivity index is 0.988. The zero-order valence-electron chi connectivity index (χ0n) is 26.4. The highest BCUT2D eigenvalue weighted by Gasteiger charge is 2.21. The Morgan fingerprint density at radius 1 is 0.938 bits per heavy atom. The fourth-order valence-electron chi connectivity index (χ4n) is 5.42. The van der Waals surface area contributed by atoms with Crippen LogP contribution < -0.4 is 19.5 Å². The molecule has 0 fully saturated rings. The van der Waals surface area contributed by atoms with Crippen LogP contribution in [0.4, 0.5) is 5.69 Å². The van der Waals surface area contributed by atoms with Gasteiger partial charge < -0.3 is 24.6 Å². The summed E-state index contributed by atoms with van der Waals surface area (Å²) in [7, 11) is -3.85. The maximum Gasteiger partial charge on any atom is 0.338 e. The molecule has 0 aromatic heterocycles. The van der Waals surface area contributed by atoms with Crippen molar-refractivity contribution >= 4 is 21.7 Å². The molecule has 1 aliphatic heterocycles. The van der Waals surface area contributed by atoms with Crippen LogP contribution in [-0.4, -0.2) is 39.2 Å². The summed E-state index contributed by atoms with van der Waals surface area (Å²) in [4.78, 5) is 12.7. The number of ether oxygens (including phenoxy) is 3. The molecule has 3 N–H and O–H groups in total. The molecule has 1 atom stereocenters. The maximum atomic E-state index is 13.0. The smallest absolute Gasteiger partial charge is 0.338 e. The number of aryl methyl sites for hydroxylation is 1. The second kappa shape index (κ2) is 14.7. The van der Waals surface area contributed by atoms with E-state index in [1.54, 1.807) is 42.5 Å². The van der Waals surface area contributed by atoms with Crippen LogP contribution in [0.5, 0.6) is 11.5 Å². The number of aliphatic hydroxyl groups excluding tert-OH is 1. The first-order valence-electron chi connectivity index (χ1n) is 15.6. The van der Waals surface area contributed by atoms with Gasteiger partial charge in [-0.2, -0.15) is 0 Å². The van der Waals surface area contributed by atoms with Gasteiger partial charge in [-0.15, -0.1) is 0 Å². The van der Waals surface area contributed by atoms with E-state index in [4.69, 9.17) is 14.2 Å². The van der Waals surface area contributed by atoms with E-state index in [0.717, 1.165) is 27.8 Å². The number of fused-ring (bicyclic) bond motifs is 4. The molecular formula is C38H36N2O7S. The van der Waals surface area contributed by atoms with Gasteiger partial charge in [0.15, 0.2) is 0 Å². The summed E-state index contributed by atoms with van der Waals surface area (Å²) in [6, 6.07) is 34.4. The normalized spacial score (nSPS) is 13.8. The fourth-order valence-corrected chi connectivity index (χ4v) is 6.57. The Morgan fingerprint density at radius 2 is 1.75 bits per heavy atom. The van der Waals surface area contributed by atoms with Crippen molar-refractivity contribution in [1.29, 1.82) is 0 Å². The summed E-state index contributed by atoms with van der Waals surface area (Å²) in [5, 5.41) is 14.1. The zero-order chi connectivity index (χ0) is 33.5. The topological polar surface area (TPSA) is 123 Å². The van der Waals surface area contributed by atoms with E-state index in [1.165, 1.54) is 6.07 Å². The molecule has 48 heavy (non-hydrogen) atoms. The van der Waals surface area contributed by atoms with Crippen molar-refractivity contribution < 1.29 is 32.5 Å². The second-order valence-corrected chi connectivity index (χ2v) is 13.2. The summed E-state index contributed by atoms with van der Waals surface area (Å²) in [6.07, 6.45) is -0.981. The highest BCUT2D eigenvalue weighted by Crippen LogP contribution is 2.31. The minimum absolute atomic E-state index is 0.129. The third-order valence-electron chi connectivity index (χ3n) is 7.97. The average molecular weight is 665 g/mol. The lowest BCUT2D eigenvalue weighted by Crippen LogP contribution is -2.27. The molecule has 1 aliphatic rings. The Hall–Kier alpha value is -5.16. The average Bonchev–Trinajstić information content (AvgIpc) is 3.10. The van der Waals surface area contributed by atoms with E-state index < -0.39 is 16.1 Å². The van der Waals surface area contributed by atoms with Crippen molar-refractivity contribution in [2.24, 2.45) is 0 Å². The van der Waals surface area contributed by atoms with Crippen LogP contribution in [0, 0.1) is 6.92 Å². The molecule has 0 aliphatic carbocycles. The highest BCUT2D eigenvalue weighted by molar-refractivity contribution is 7.92. The molecule has 9 nitrogen and oxygen atoms in total. The van der Waals surface area contributed by atoms with Gasteiger partial charge in [-0.05, 0) is 77.2 Å². The van der Waals surface area contributed by atoms with Crippen molar-refractivity contribution in [3.05, 3.63) is 143 Å². The number of carbonyl (C=O) groups excluding carboxylic acids is 1. The van der Waals surface area contributed by atoms with Crippen molar-refractivity contribution in [3.8, 4) is 22.6 Å². The number of nitrogens with one attached hydrogen (secondary N) is 2. The van der Waals surface area contributed by atoms with Crippen LogP contribution >= 0.6 is 0 Å². The van der Waals surface area contributed by atoms with E-state index >= 15 is 0 Å². The van der Waals surface area contributed by atoms with Gasteiger partial charge in [-0.3, -0.25) is 4.72 Å². The molecule has 1 unspecified atom stereocenters. The van der Waals surface area contributed by atoms with Crippen LogP contribution in [0.1, 0.15) is 38.7 Å². The number of hydrogen-bond donors (Lipinski definition) is 3. The molecule has 0 spiro atoms. The van der Waals surface area contributed by atoms with Crippen LogP contribution in [0.2, 0.25) is 0 Å². The van der Waals surface area contributed by atoms with Crippen LogP contribution in [0.3, 0.4) is 0 Å². The number of benzene rings is 5. The molecule has 4 bridgehead atoms. The molecule has 0 amide bonds. The number of hydrogen-bond acceptors (Lipinski definition) is 8. The van der Waals surface area contributed by atoms with Gasteiger partial charge in [0, 0.05) is 24.7 Å². The minimum Gasteiger partial charge on any atom is -0.492 e. The Bertz CT molecular complexity index is 2000. The summed E-state index contributed by atoms with van der Waals surface area (Å²) in [5.41, 5.74) is 5.83. The van der Waals surface area contributed by atoms with Crippen molar-refractivity contribution in [1.82, 2.24) is 5.32 Å². The quantitative estimate of drug-likeness (QED) is 0.109. The molecule has 10 heteroatoms. The van der Waals surface area contributed by atoms with Crippen molar-refractivity contribution in [3.63, 3.8) is 0 Å². The van der Waals surface area contributed by atoms with Crippen LogP contribution in [0.15, 0.2) is 120 Å². The van der Waals surface area contributed by atoms with E-state index in [9.17, 15) is 18.3 Å². The van der Waals surface area contributed by atoms with Gasteiger partial charge in [0.1, 0.15) is 31.3 Å². The summed E-state index contributed by atoms with van der Waals surface area (Å²) < 4.78 is 45.9. The van der Waals surface area contributed by atoms with Crippen molar-refractivity contribution in [2.45, 2.75) is 31.1 Å². The number of anilines is 1. The van der Waals surface area contributed by atoms with Crippen LogP contribution in [-0.2, 0) is 28.0 Å². The lowest BCUT2D eigenvalue weighted by atomic mass is 9.98. The van der Waals surface area contributed by atoms with Gasteiger partial charge in [0.25, 0.3) is 10.0 Å². The van der Waals surface area contributed by atoms with E-state index in [0.29, 0.717) is 35.8 Å². The van der Waals surface area contributed by atoms with Gasteiger partial charge in [0.05, 0.1) is 22.3 Å². The summed E-state index contributed by atoms with van der Waals surface area (Å²) >= 11 is 0. The molecule has 5 aromatic carbocycles. The zero-order valence-corrected chi connectivity index (χ0v) is 27.2. The Labute approximate surface area is 280 Å². The predicted molar refractivity (Wildman–Crippen MR) is 184 cm³/mol. The molecule has 5 aromatic rings. The first-order chi connectivity index (χ1) is 23.2. The number of esters is 1. The third-order valence-corrected chi connectivity index (χ3v) is 9.33. The van der Waals surface area contributed by atoms with Gasteiger partial charge >= 0.3 is 5.97 Å². The highest BCUT2D eigenvalue weighted by atomic mass is 32.2. The van der Waals surface area contributed by atoms with Gasteiger partial charge in [-0.1, -0.05) is 66.7 Å². The second-order valence-electron chi connectivity index (χ2n) is 11.5. The molecular weight excluding hydrogens is 628 g/mol. The number of carbonyl (C=O) groups is 1. The van der Waals surface area contributed by atoms with E-state index in [-0.39, 0.29) is 36.3 Å². The SMILES string of the molecule is Cc1cc(C(=O)OCc2ccccc2)ccc1-c1ccc(OCCNCC(O)c2ccc3cc2NS(=O)(=O)c2cccc(c2)CO3)cc1. The van der Waals surface area contributed by atoms with Crippen LogP contribution in [0.25, 0.3) is 11.1 Å². The fraction of sp³-hybridized carbons (Fsp3) is 0.184. The molecule has 0 saturated carbocycles. The summed E-state index contributed by atoms with van der Waals surface area (Å²) in [5.74, 6) is 0.824.